The Morgan fingerprint density at radius 3 is 2.35 bits per heavy atom. The average molecular weight is 465 g/mol. The van der Waals surface area contributed by atoms with Gasteiger partial charge in [0.25, 0.3) is 5.91 Å². The highest BCUT2D eigenvalue weighted by atomic mass is 16.5. The number of methoxy groups -OCH3 is 2. The van der Waals surface area contributed by atoms with Gasteiger partial charge in [0.05, 0.1) is 19.8 Å². The van der Waals surface area contributed by atoms with Crippen molar-refractivity contribution in [3.8, 4) is 5.75 Å². The van der Waals surface area contributed by atoms with Crippen LogP contribution in [-0.4, -0.2) is 37.2 Å². The summed E-state index contributed by atoms with van der Waals surface area (Å²) in [6.07, 6.45) is 5.90. The highest BCUT2D eigenvalue weighted by Gasteiger charge is 2.16. The molecule has 182 valence electrons. The highest BCUT2D eigenvalue weighted by molar-refractivity contribution is 5.99. The number of rotatable bonds is 11. The van der Waals surface area contributed by atoms with E-state index in [1.54, 1.807) is 19.2 Å². The minimum absolute atomic E-state index is 0.0389. The number of fused-ring (bicyclic) bond motifs is 1. The molecule has 0 saturated carbocycles. The zero-order valence-electron chi connectivity index (χ0n) is 20.9. The van der Waals surface area contributed by atoms with Gasteiger partial charge >= 0.3 is 5.97 Å². The van der Waals surface area contributed by atoms with Crippen molar-refractivity contribution in [3.63, 3.8) is 0 Å². The largest absolute Gasteiger partial charge is 0.496 e. The van der Waals surface area contributed by atoms with Crippen LogP contribution in [0.25, 0.3) is 10.9 Å². The molecule has 0 fully saturated rings. The lowest BCUT2D eigenvalue weighted by molar-refractivity contribution is 0.0600. The lowest BCUT2D eigenvalue weighted by Crippen LogP contribution is -2.28. The van der Waals surface area contributed by atoms with Crippen LogP contribution in [0, 0.1) is 5.92 Å². The molecule has 0 aliphatic heterocycles. The summed E-state index contributed by atoms with van der Waals surface area (Å²) < 4.78 is 12.7. The van der Waals surface area contributed by atoms with E-state index < -0.39 is 5.97 Å². The number of carbonyl (C=O) groups excluding carboxylic acids is 2. The van der Waals surface area contributed by atoms with Gasteiger partial charge in [0, 0.05) is 42.2 Å². The van der Waals surface area contributed by atoms with Gasteiger partial charge in [0.15, 0.2) is 0 Å². The fourth-order valence-corrected chi connectivity index (χ4v) is 4.34. The number of ether oxygens (including phenoxy) is 2. The Morgan fingerprint density at radius 1 is 0.971 bits per heavy atom. The summed E-state index contributed by atoms with van der Waals surface area (Å²) in [5, 5.41) is 4.16. The van der Waals surface area contributed by atoms with Crippen molar-refractivity contribution >= 4 is 22.8 Å². The SMILES string of the molecule is CCCn1cc(Cc2ccc(C(=O)OC)cc2OC)c2cc(C(=O)NCC(CC)CC)ccc21. The topological polar surface area (TPSA) is 69.6 Å². The van der Waals surface area contributed by atoms with Gasteiger partial charge in [0.2, 0.25) is 0 Å². The third-order valence-electron chi connectivity index (χ3n) is 6.49. The Hall–Kier alpha value is -3.28. The van der Waals surface area contributed by atoms with Gasteiger partial charge in [-0.3, -0.25) is 4.79 Å². The number of aryl methyl sites for hydroxylation is 1. The smallest absolute Gasteiger partial charge is 0.337 e. The second kappa shape index (κ2) is 11.7. The molecule has 1 heterocycles. The van der Waals surface area contributed by atoms with Gasteiger partial charge in [-0.05, 0) is 53.8 Å². The van der Waals surface area contributed by atoms with Gasteiger partial charge in [0.1, 0.15) is 5.75 Å². The molecule has 3 aromatic rings. The molecule has 0 spiro atoms. The monoisotopic (exact) mass is 464 g/mol. The number of nitrogens with zero attached hydrogens (tertiary/aromatic N) is 1. The van der Waals surface area contributed by atoms with Gasteiger partial charge in [-0.1, -0.05) is 39.7 Å². The molecular weight excluding hydrogens is 428 g/mol. The van der Waals surface area contributed by atoms with E-state index in [-0.39, 0.29) is 5.91 Å². The van der Waals surface area contributed by atoms with Crippen LogP contribution in [-0.2, 0) is 17.7 Å². The van der Waals surface area contributed by atoms with Crippen molar-refractivity contribution in [1.29, 1.82) is 0 Å². The van der Waals surface area contributed by atoms with Crippen LogP contribution in [0.4, 0.5) is 0 Å². The minimum Gasteiger partial charge on any atom is -0.496 e. The molecule has 6 heteroatoms. The number of nitrogens with one attached hydrogen (secondary N) is 1. The number of hydrogen-bond donors (Lipinski definition) is 1. The van der Waals surface area contributed by atoms with E-state index in [1.807, 2.05) is 24.3 Å². The summed E-state index contributed by atoms with van der Waals surface area (Å²) in [4.78, 5) is 24.8. The van der Waals surface area contributed by atoms with Crippen molar-refractivity contribution in [3.05, 3.63) is 64.8 Å². The van der Waals surface area contributed by atoms with E-state index in [4.69, 9.17) is 9.47 Å². The molecule has 0 unspecified atom stereocenters. The Bertz CT molecular complexity index is 1140. The summed E-state index contributed by atoms with van der Waals surface area (Å²) in [5.74, 6) is 0.698. The molecule has 0 atom stereocenters. The number of esters is 1. The summed E-state index contributed by atoms with van der Waals surface area (Å²) in [6, 6.07) is 11.3. The highest BCUT2D eigenvalue weighted by Crippen LogP contribution is 2.29. The van der Waals surface area contributed by atoms with E-state index in [2.05, 4.69) is 36.9 Å². The predicted octanol–water partition coefficient (Wildman–Crippen LogP) is 5.60. The molecular formula is C28H36N2O4. The molecule has 3 rings (SSSR count). The molecule has 0 radical (unpaired) electrons. The molecule has 1 aromatic heterocycles. The number of carbonyl (C=O) groups is 2. The predicted molar refractivity (Wildman–Crippen MR) is 136 cm³/mol. The maximum absolute atomic E-state index is 12.9. The van der Waals surface area contributed by atoms with E-state index in [0.29, 0.717) is 35.8 Å². The van der Waals surface area contributed by atoms with Gasteiger partial charge < -0.3 is 19.4 Å². The Kier molecular flexibility index (Phi) is 8.74. The van der Waals surface area contributed by atoms with Gasteiger partial charge in [-0.15, -0.1) is 0 Å². The van der Waals surface area contributed by atoms with Crippen LogP contribution in [0.1, 0.15) is 71.9 Å². The zero-order valence-corrected chi connectivity index (χ0v) is 20.9. The molecule has 0 bridgehead atoms. The van der Waals surface area contributed by atoms with Gasteiger partial charge in [-0.2, -0.15) is 0 Å². The van der Waals surface area contributed by atoms with Gasteiger partial charge in [-0.25, -0.2) is 4.79 Å². The summed E-state index contributed by atoms with van der Waals surface area (Å²) in [7, 11) is 2.96. The summed E-state index contributed by atoms with van der Waals surface area (Å²) in [5.41, 5.74) is 4.31. The van der Waals surface area contributed by atoms with Crippen LogP contribution in [0.2, 0.25) is 0 Å². The van der Waals surface area contributed by atoms with Crippen LogP contribution in [0.15, 0.2) is 42.6 Å². The first kappa shape index (κ1) is 25.3. The first-order valence-corrected chi connectivity index (χ1v) is 12.1. The molecule has 0 aliphatic carbocycles. The van der Waals surface area contributed by atoms with E-state index >= 15 is 0 Å². The lowest BCUT2D eigenvalue weighted by Gasteiger charge is -2.13. The third-order valence-corrected chi connectivity index (χ3v) is 6.49. The minimum atomic E-state index is -0.395. The van der Waals surface area contributed by atoms with E-state index in [0.717, 1.165) is 47.8 Å². The van der Waals surface area contributed by atoms with Crippen molar-refractivity contribution in [2.45, 2.75) is 53.0 Å². The van der Waals surface area contributed by atoms with E-state index in [1.165, 1.54) is 7.11 Å². The number of aromatic nitrogens is 1. The van der Waals surface area contributed by atoms with Crippen LogP contribution in [0.5, 0.6) is 5.75 Å². The molecule has 2 aromatic carbocycles. The normalized spacial score (nSPS) is 11.1. The summed E-state index contributed by atoms with van der Waals surface area (Å²) >= 11 is 0. The fraction of sp³-hybridized carbons (Fsp3) is 0.429. The molecule has 1 N–H and O–H groups in total. The first-order chi connectivity index (χ1) is 16.4. The first-order valence-electron chi connectivity index (χ1n) is 12.1. The molecule has 1 amide bonds. The molecule has 34 heavy (non-hydrogen) atoms. The lowest BCUT2D eigenvalue weighted by atomic mass is 10.0. The molecule has 6 nitrogen and oxygen atoms in total. The maximum Gasteiger partial charge on any atom is 0.337 e. The van der Waals surface area contributed by atoms with Crippen molar-refractivity contribution < 1.29 is 19.1 Å². The molecule has 0 saturated heterocycles. The number of amides is 1. The number of benzene rings is 2. The zero-order chi connectivity index (χ0) is 24.7. The fourth-order valence-electron chi connectivity index (χ4n) is 4.34. The van der Waals surface area contributed by atoms with Crippen molar-refractivity contribution in [2.75, 3.05) is 20.8 Å². The Morgan fingerprint density at radius 2 is 1.71 bits per heavy atom. The van der Waals surface area contributed by atoms with Crippen LogP contribution < -0.4 is 10.1 Å². The van der Waals surface area contributed by atoms with Crippen molar-refractivity contribution in [1.82, 2.24) is 9.88 Å². The quantitative estimate of drug-likeness (QED) is 0.375. The third kappa shape index (κ3) is 5.61. The average Bonchev–Trinajstić information content (AvgIpc) is 3.20. The van der Waals surface area contributed by atoms with E-state index in [9.17, 15) is 9.59 Å². The van der Waals surface area contributed by atoms with Crippen LogP contribution in [0.3, 0.4) is 0 Å². The summed E-state index contributed by atoms with van der Waals surface area (Å²) in [6.45, 7) is 8.05. The Balaban J connectivity index is 1.96. The van der Waals surface area contributed by atoms with Crippen LogP contribution >= 0.6 is 0 Å². The maximum atomic E-state index is 12.9. The Labute approximate surface area is 202 Å². The van der Waals surface area contributed by atoms with Crippen molar-refractivity contribution in [2.24, 2.45) is 5.92 Å². The number of hydrogen-bond acceptors (Lipinski definition) is 4. The molecule has 0 aliphatic rings. The standard InChI is InChI=1S/C28H36N2O4/c1-6-13-30-18-23(14-20-9-10-22(28(32)34-5)16-26(20)33-4)24-15-21(11-12-25(24)30)27(31)29-17-19(7-2)8-3/h9-12,15-16,18-19H,6-8,13-14,17H2,1-5H3,(H,29,31). The second-order valence-corrected chi connectivity index (χ2v) is 8.67. The second-order valence-electron chi connectivity index (χ2n) is 8.67.